The Hall–Kier alpha value is -0.660. The molecule has 0 radical (unpaired) electrons. The van der Waals surface area contributed by atoms with Gasteiger partial charge in [0, 0.05) is 23.5 Å². The summed E-state index contributed by atoms with van der Waals surface area (Å²) in [5.41, 5.74) is 0.947. The third-order valence-corrected chi connectivity index (χ3v) is 6.30. The molecule has 0 unspecified atom stereocenters. The highest BCUT2D eigenvalue weighted by atomic mass is 35.5. The molecule has 0 aliphatic heterocycles. The number of thiazole rings is 1. The summed E-state index contributed by atoms with van der Waals surface area (Å²) in [6.45, 7) is 2.95. The van der Waals surface area contributed by atoms with E-state index in [2.05, 4.69) is 4.98 Å². The van der Waals surface area contributed by atoms with Gasteiger partial charge in [0.2, 0.25) is 0 Å². The van der Waals surface area contributed by atoms with Crippen LogP contribution in [0.2, 0.25) is 10.0 Å². The number of benzene rings is 1. The van der Waals surface area contributed by atoms with Crippen molar-refractivity contribution in [2.45, 2.75) is 18.4 Å². The van der Waals surface area contributed by atoms with Crippen molar-refractivity contribution in [3.63, 3.8) is 0 Å². The average Bonchev–Trinajstić information content (AvgIpc) is 2.84. The summed E-state index contributed by atoms with van der Waals surface area (Å²) in [4.78, 5) is 6.37. The third-order valence-electron chi connectivity index (χ3n) is 3.07. The Balaban J connectivity index is 2.01. The first kappa shape index (κ1) is 17.7. The average molecular weight is 379 g/mol. The number of sulfone groups is 1. The highest BCUT2D eigenvalue weighted by molar-refractivity contribution is 7.91. The van der Waals surface area contributed by atoms with E-state index in [9.17, 15) is 8.42 Å². The van der Waals surface area contributed by atoms with Crippen molar-refractivity contribution < 1.29 is 8.42 Å². The van der Waals surface area contributed by atoms with Crippen molar-refractivity contribution in [1.82, 2.24) is 9.88 Å². The molecule has 1 aromatic heterocycles. The Kier molecular flexibility index (Phi) is 5.85. The van der Waals surface area contributed by atoms with Crippen LogP contribution in [-0.4, -0.2) is 37.6 Å². The summed E-state index contributed by atoms with van der Waals surface area (Å²) in [6, 6.07) is 4.46. The zero-order valence-electron chi connectivity index (χ0n) is 12.2. The summed E-state index contributed by atoms with van der Waals surface area (Å²) in [6.07, 6.45) is 0. The summed E-state index contributed by atoms with van der Waals surface area (Å²) in [7, 11) is -1.61. The second kappa shape index (κ2) is 7.27. The van der Waals surface area contributed by atoms with Gasteiger partial charge in [-0.1, -0.05) is 23.2 Å². The van der Waals surface area contributed by atoms with E-state index in [-0.39, 0.29) is 15.7 Å². The maximum atomic E-state index is 12.4. The number of aromatic nitrogens is 1. The fraction of sp³-hybridized carbons (Fsp3) is 0.357. The molecule has 0 amide bonds. The van der Waals surface area contributed by atoms with Crippen LogP contribution < -0.4 is 0 Å². The fourth-order valence-electron chi connectivity index (χ4n) is 1.94. The summed E-state index contributed by atoms with van der Waals surface area (Å²) in [5, 5.41) is 3.53. The van der Waals surface area contributed by atoms with Crippen molar-refractivity contribution in [3.8, 4) is 0 Å². The highest BCUT2D eigenvalue weighted by Crippen LogP contribution is 2.26. The SMILES string of the molecule is Cc1nc(CN(C)CCS(=O)(=O)c2cc(Cl)ccc2Cl)cs1. The molecule has 8 heteroatoms. The van der Waals surface area contributed by atoms with Crippen LogP contribution in [0.4, 0.5) is 0 Å². The third kappa shape index (κ3) is 4.67. The molecule has 2 aromatic rings. The van der Waals surface area contributed by atoms with E-state index in [1.165, 1.54) is 12.1 Å². The molecule has 2 rings (SSSR count). The Morgan fingerprint density at radius 1 is 1.32 bits per heavy atom. The molecular formula is C14H16Cl2N2O2S2. The summed E-state index contributed by atoms with van der Waals surface area (Å²) < 4.78 is 24.8. The van der Waals surface area contributed by atoms with E-state index in [4.69, 9.17) is 23.2 Å². The minimum absolute atomic E-state index is 0.0211. The number of halogens is 2. The lowest BCUT2D eigenvalue weighted by molar-refractivity contribution is 0.342. The van der Waals surface area contributed by atoms with Gasteiger partial charge in [-0.2, -0.15) is 0 Å². The lowest BCUT2D eigenvalue weighted by atomic mass is 10.4. The Labute approximate surface area is 144 Å². The van der Waals surface area contributed by atoms with Crippen molar-refractivity contribution in [2.24, 2.45) is 0 Å². The predicted octanol–water partition coefficient (Wildman–Crippen LogP) is 3.66. The van der Waals surface area contributed by atoms with Gasteiger partial charge >= 0.3 is 0 Å². The topological polar surface area (TPSA) is 50.3 Å². The van der Waals surface area contributed by atoms with E-state index in [1.54, 1.807) is 17.4 Å². The van der Waals surface area contributed by atoms with Crippen molar-refractivity contribution in [2.75, 3.05) is 19.3 Å². The monoisotopic (exact) mass is 378 g/mol. The van der Waals surface area contributed by atoms with E-state index in [1.807, 2.05) is 24.3 Å². The zero-order chi connectivity index (χ0) is 16.3. The van der Waals surface area contributed by atoms with Gasteiger partial charge in [-0.25, -0.2) is 13.4 Å². The second-order valence-corrected chi connectivity index (χ2v) is 8.97. The molecule has 0 aliphatic carbocycles. The van der Waals surface area contributed by atoms with E-state index < -0.39 is 9.84 Å². The summed E-state index contributed by atoms with van der Waals surface area (Å²) >= 11 is 13.4. The van der Waals surface area contributed by atoms with Crippen LogP contribution >= 0.6 is 34.5 Å². The van der Waals surface area contributed by atoms with Gasteiger partial charge in [0.15, 0.2) is 9.84 Å². The van der Waals surface area contributed by atoms with Gasteiger partial charge in [-0.3, -0.25) is 4.90 Å². The lowest BCUT2D eigenvalue weighted by Crippen LogP contribution is -2.25. The highest BCUT2D eigenvalue weighted by Gasteiger charge is 2.19. The molecule has 4 nitrogen and oxygen atoms in total. The number of hydrogen-bond donors (Lipinski definition) is 0. The fourth-order valence-corrected chi connectivity index (χ4v) is 4.69. The Bertz CT molecular complexity index is 760. The van der Waals surface area contributed by atoms with Gasteiger partial charge in [0.25, 0.3) is 0 Å². The van der Waals surface area contributed by atoms with Crippen LogP contribution in [0.25, 0.3) is 0 Å². The molecule has 0 saturated heterocycles. The van der Waals surface area contributed by atoms with E-state index >= 15 is 0 Å². The molecule has 0 aliphatic rings. The molecule has 0 bridgehead atoms. The minimum Gasteiger partial charge on any atom is -0.299 e. The predicted molar refractivity (Wildman–Crippen MR) is 91.7 cm³/mol. The van der Waals surface area contributed by atoms with Crippen molar-refractivity contribution >= 4 is 44.4 Å². The van der Waals surface area contributed by atoms with E-state index in [0.717, 1.165) is 10.7 Å². The Morgan fingerprint density at radius 2 is 2.05 bits per heavy atom. The van der Waals surface area contributed by atoms with Crippen LogP contribution in [0.3, 0.4) is 0 Å². The number of hydrogen-bond acceptors (Lipinski definition) is 5. The molecule has 1 aromatic carbocycles. The quantitative estimate of drug-likeness (QED) is 0.769. The van der Waals surface area contributed by atoms with E-state index in [0.29, 0.717) is 18.1 Å². The normalized spacial score (nSPS) is 12.0. The van der Waals surface area contributed by atoms with Crippen LogP contribution in [-0.2, 0) is 16.4 Å². The van der Waals surface area contributed by atoms with Gasteiger partial charge in [-0.05, 0) is 32.2 Å². The van der Waals surface area contributed by atoms with Gasteiger partial charge < -0.3 is 0 Å². The maximum Gasteiger partial charge on any atom is 0.181 e. The van der Waals surface area contributed by atoms with Crippen LogP contribution in [0.1, 0.15) is 10.7 Å². The molecule has 120 valence electrons. The smallest absolute Gasteiger partial charge is 0.181 e. The van der Waals surface area contributed by atoms with Gasteiger partial charge in [-0.15, -0.1) is 11.3 Å². The van der Waals surface area contributed by atoms with Crippen LogP contribution in [0.15, 0.2) is 28.5 Å². The number of aryl methyl sites for hydroxylation is 1. The minimum atomic E-state index is -3.47. The second-order valence-electron chi connectivity index (χ2n) is 4.99. The first-order chi connectivity index (χ1) is 10.3. The van der Waals surface area contributed by atoms with Crippen LogP contribution in [0.5, 0.6) is 0 Å². The standard InChI is InChI=1S/C14H16Cl2N2O2S2/c1-10-17-12(9-21-10)8-18(2)5-6-22(19,20)14-7-11(15)3-4-13(14)16/h3-4,7,9H,5-6,8H2,1-2H3. The number of rotatable bonds is 6. The van der Waals surface area contributed by atoms with Crippen molar-refractivity contribution in [1.29, 1.82) is 0 Å². The van der Waals surface area contributed by atoms with Gasteiger partial charge in [0.05, 0.1) is 26.4 Å². The molecule has 0 atom stereocenters. The maximum absolute atomic E-state index is 12.4. The molecule has 22 heavy (non-hydrogen) atoms. The first-order valence-electron chi connectivity index (χ1n) is 6.55. The molecule has 0 N–H and O–H groups in total. The molecule has 0 fully saturated rings. The lowest BCUT2D eigenvalue weighted by Gasteiger charge is -2.15. The van der Waals surface area contributed by atoms with Crippen LogP contribution in [0, 0.1) is 6.92 Å². The van der Waals surface area contributed by atoms with Gasteiger partial charge in [0.1, 0.15) is 0 Å². The Morgan fingerprint density at radius 3 is 2.68 bits per heavy atom. The molecule has 1 heterocycles. The number of nitrogens with zero attached hydrogens (tertiary/aromatic N) is 2. The zero-order valence-corrected chi connectivity index (χ0v) is 15.4. The largest absolute Gasteiger partial charge is 0.299 e. The molecular weight excluding hydrogens is 363 g/mol. The molecule has 0 spiro atoms. The summed E-state index contributed by atoms with van der Waals surface area (Å²) in [5.74, 6) is -0.0211. The first-order valence-corrected chi connectivity index (χ1v) is 9.84. The van der Waals surface area contributed by atoms with Crippen molar-refractivity contribution in [3.05, 3.63) is 44.3 Å². The molecule has 0 saturated carbocycles.